The Hall–Kier alpha value is -1.59. The molecule has 2 aromatic rings. The van der Waals surface area contributed by atoms with E-state index in [1.165, 1.54) is 12.1 Å². The monoisotopic (exact) mass is 327 g/mol. The number of halogens is 2. The minimum Gasteiger partial charge on any atom is -0.494 e. The molecule has 1 unspecified atom stereocenters. The Balaban J connectivity index is 2.28. The highest BCUT2D eigenvalue weighted by Gasteiger charge is 2.14. The summed E-state index contributed by atoms with van der Waals surface area (Å²) in [7, 11) is -1.43. The van der Waals surface area contributed by atoms with Crippen LogP contribution in [0.3, 0.4) is 0 Å². The normalized spacial score (nSPS) is 12.1. The van der Waals surface area contributed by atoms with Crippen molar-refractivity contribution < 1.29 is 13.3 Å². The molecule has 0 fully saturated rings. The van der Waals surface area contributed by atoms with Gasteiger partial charge in [0.15, 0.2) is 0 Å². The maximum atomic E-state index is 13.4. The van der Waals surface area contributed by atoms with Crippen molar-refractivity contribution in [3.63, 3.8) is 0 Å². The van der Waals surface area contributed by atoms with Crippen LogP contribution < -0.4 is 10.5 Å². The fraction of sp³-hybridized carbons (Fsp3) is 0.200. The van der Waals surface area contributed by atoms with E-state index >= 15 is 0 Å². The lowest BCUT2D eigenvalue weighted by atomic mass is 10.2. The minimum atomic E-state index is -1.43. The second-order valence-corrected chi connectivity index (χ2v) is 6.13. The van der Waals surface area contributed by atoms with Gasteiger partial charge in [-0.3, -0.25) is 4.21 Å². The van der Waals surface area contributed by atoms with Crippen LogP contribution in [-0.4, -0.2) is 10.8 Å². The molecule has 0 bridgehead atoms. The molecule has 0 heterocycles. The highest BCUT2D eigenvalue weighted by atomic mass is 35.5. The molecule has 0 aromatic heterocycles. The Morgan fingerprint density at radius 2 is 2.10 bits per heavy atom. The van der Waals surface area contributed by atoms with E-state index in [1.54, 1.807) is 24.3 Å². The Bertz CT molecular complexity index is 679. The molecule has 0 aliphatic carbocycles. The minimum absolute atomic E-state index is 0.00890. The van der Waals surface area contributed by atoms with E-state index in [2.05, 4.69) is 0 Å². The van der Waals surface area contributed by atoms with Crippen LogP contribution in [0.15, 0.2) is 41.3 Å². The summed E-state index contributed by atoms with van der Waals surface area (Å²) >= 11 is 5.88. The Labute approximate surface area is 130 Å². The standard InChI is InChI=1S/C15H15ClFNO2S/c1-2-20-11-6-7-13(18)14(8-11)21(19)9-10-4-3-5-12(17)15(10)16/h3-8H,2,9,18H2,1H3. The van der Waals surface area contributed by atoms with Crippen LogP contribution in [0.25, 0.3) is 0 Å². The van der Waals surface area contributed by atoms with Gasteiger partial charge in [0, 0.05) is 5.69 Å². The van der Waals surface area contributed by atoms with Gasteiger partial charge in [0.05, 0.1) is 33.1 Å². The average molecular weight is 328 g/mol. The van der Waals surface area contributed by atoms with Gasteiger partial charge in [-0.2, -0.15) is 0 Å². The van der Waals surface area contributed by atoms with Crippen LogP contribution in [0.4, 0.5) is 10.1 Å². The van der Waals surface area contributed by atoms with E-state index in [4.69, 9.17) is 22.1 Å². The van der Waals surface area contributed by atoms with Crippen LogP contribution in [-0.2, 0) is 16.6 Å². The molecule has 3 nitrogen and oxygen atoms in total. The predicted molar refractivity (Wildman–Crippen MR) is 83.5 cm³/mol. The Morgan fingerprint density at radius 3 is 2.81 bits per heavy atom. The molecule has 2 N–H and O–H groups in total. The predicted octanol–water partition coefficient (Wildman–Crippen LogP) is 3.77. The summed E-state index contributed by atoms with van der Waals surface area (Å²) in [6.07, 6.45) is 0. The number of ether oxygens (including phenoxy) is 1. The van der Waals surface area contributed by atoms with Gasteiger partial charge in [0.25, 0.3) is 0 Å². The fourth-order valence-corrected chi connectivity index (χ4v) is 3.38. The van der Waals surface area contributed by atoms with E-state index in [1.807, 2.05) is 6.92 Å². The van der Waals surface area contributed by atoms with Gasteiger partial charge in [-0.25, -0.2) is 4.39 Å². The first-order valence-electron chi connectivity index (χ1n) is 6.36. The van der Waals surface area contributed by atoms with Gasteiger partial charge in [-0.05, 0) is 36.8 Å². The molecule has 0 aliphatic rings. The van der Waals surface area contributed by atoms with Gasteiger partial charge in [0.2, 0.25) is 0 Å². The number of hydrogen-bond acceptors (Lipinski definition) is 3. The number of nitrogen functional groups attached to an aromatic ring is 1. The highest BCUT2D eigenvalue weighted by Crippen LogP contribution is 2.27. The molecule has 0 saturated carbocycles. The zero-order chi connectivity index (χ0) is 15.4. The van der Waals surface area contributed by atoms with Crippen LogP contribution >= 0.6 is 11.6 Å². The van der Waals surface area contributed by atoms with Crippen molar-refractivity contribution in [3.05, 3.63) is 52.8 Å². The van der Waals surface area contributed by atoms with E-state index < -0.39 is 16.6 Å². The second-order valence-electron chi connectivity index (χ2n) is 4.34. The number of nitrogens with two attached hydrogens (primary N) is 1. The van der Waals surface area contributed by atoms with Crippen molar-refractivity contribution in [1.82, 2.24) is 0 Å². The van der Waals surface area contributed by atoms with E-state index in [0.717, 1.165) is 0 Å². The quantitative estimate of drug-likeness (QED) is 0.850. The van der Waals surface area contributed by atoms with Gasteiger partial charge >= 0.3 is 0 Å². The van der Waals surface area contributed by atoms with Crippen LogP contribution in [0.5, 0.6) is 5.75 Å². The van der Waals surface area contributed by atoms with E-state index in [-0.39, 0.29) is 10.8 Å². The molecule has 0 spiro atoms. The largest absolute Gasteiger partial charge is 0.494 e. The molecule has 2 rings (SSSR count). The molecule has 6 heteroatoms. The first-order chi connectivity index (χ1) is 10.0. The maximum absolute atomic E-state index is 13.4. The van der Waals surface area contributed by atoms with E-state index in [9.17, 15) is 8.60 Å². The molecular weight excluding hydrogens is 313 g/mol. The van der Waals surface area contributed by atoms with Gasteiger partial charge in [-0.1, -0.05) is 23.7 Å². The Morgan fingerprint density at radius 1 is 1.33 bits per heavy atom. The first-order valence-corrected chi connectivity index (χ1v) is 8.06. The second kappa shape index (κ2) is 6.91. The maximum Gasteiger partial charge on any atom is 0.142 e. The topological polar surface area (TPSA) is 52.3 Å². The zero-order valence-electron chi connectivity index (χ0n) is 11.4. The van der Waals surface area contributed by atoms with Crippen LogP contribution in [0, 0.1) is 5.82 Å². The third-order valence-electron chi connectivity index (χ3n) is 2.86. The Kier molecular flexibility index (Phi) is 5.20. The fourth-order valence-electron chi connectivity index (χ4n) is 1.85. The van der Waals surface area contributed by atoms with Crippen molar-refractivity contribution in [2.75, 3.05) is 12.3 Å². The summed E-state index contributed by atoms with van der Waals surface area (Å²) in [4.78, 5) is 0.460. The summed E-state index contributed by atoms with van der Waals surface area (Å²) in [6.45, 7) is 2.37. The molecule has 0 saturated heterocycles. The number of anilines is 1. The van der Waals surface area contributed by atoms with Crippen molar-refractivity contribution in [3.8, 4) is 5.75 Å². The van der Waals surface area contributed by atoms with Crippen LogP contribution in [0.2, 0.25) is 5.02 Å². The number of benzene rings is 2. The van der Waals surface area contributed by atoms with Crippen molar-refractivity contribution in [2.24, 2.45) is 0 Å². The SMILES string of the molecule is CCOc1ccc(N)c(S(=O)Cc2cccc(F)c2Cl)c1. The van der Waals surface area contributed by atoms with Gasteiger partial charge in [0.1, 0.15) is 11.6 Å². The zero-order valence-corrected chi connectivity index (χ0v) is 13.0. The molecule has 2 aromatic carbocycles. The molecule has 0 amide bonds. The summed E-state index contributed by atoms with van der Waals surface area (Å²) in [5.74, 6) is 0.165. The number of hydrogen-bond donors (Lipinski definition) is 1. The molecule has 112 valence electrons. The third kappa shape index (κ3) is 3.74. The summed E-state index contributed by atoms with van der Waals surface area (Å²) in [6, 6.07) is 9.45. The summed E-state index contributed by atoms with van der Waals surface area (Å²) in [5.41, 5.74) is 6.74. The molecule has 1 atom stereocenters. The van der Waals surface area contributed by atoms with Crippen LogP contribution in [0.1, 0.15) is 12.5 Å². The van der Waals surface area contributed by atoms with Gasteiger partial charge < -0.3 is 10.5 Å². The summed E-state index contributed by atoms with van der Waals surface area (Å²) in [5, 5.41) is -0.00890. The van der Waals surface area contributed by atoms with Gasteiger partial charge in [-0.15, -0.1) is 0 Å². The van der Waals surface area contributed by atoms with Crippen molar-refractivity contribution in [2.45, 2.75) is 17.6 Å². The molecule has 21 heavy (non-hydrogen) atoms. The molecule has 0 radical (unpaired) electrons. The lowest BCUT2D eigenvalue weighted by Crippen LogP contribution is -2.03. The van der Waals surface area contributed by atoms with Crippen molar-refractivity contribution >= 4 is 28.1 Å². The third-order valence-corrected chi connectivity index (χ3v) is 4.70. The molecule has 0 aliphatic heterocycles. The highest BCUT2D eigenvalue weighted by molar-refractivity contribution is 7.84. The number of rotatable bonds is 5. The smallest absolute Gasteiger partial charge is 0.142 e. The first kappa shape index (κ1) is 15.8. The van der Waals surface area contributed by atoms with E-state index in [0.29, 0.717) is 28.5 Å². The molecular formula is C15H15ClFNO2S. The lowest BCUT2D eigenvalue weighted by Gasteiger charge is -2.10. The summed E-state index contributed by atoms with van der Waals surface area (Å²) < 4.78 is 31.2. The lowest BCUT2D eigenvalue weighted by molar-refractivity contribution is 0.339. The van der Waals surface area contributed by atoms with Crippen molar-refractivity contribution in [1.29, 1.82) is 0 Å². The average Bonchev–Trinajstić information content (AvgIpc) is 2.46.